The molecule has 20 heavy (non-hydrogen) atoms. The number of nitrogens with one attached hydrogen (secondary N) is 1. The Hall–Kier alpha value is -1.39. The number of carbonyl (C=O) groups is 1. The van der Waals surface area contributed by atoms with E-state index in [0.717, 1.165) is 18.7 Å². The lowest BCUT2D eigenvalue weighted by Crippen LogP contribution is -2.39. The van der Waals surface area contributed by atoms with Gasteiger partial charge in [-0.3, -0.25) is 9.69 Å². The number of likely N-dealkylation sites (N-methyl/N-ethyl adjacent to an activating group) is 1. The van der Waals surface area contributed by atoms with Crippen molar-refractivity contribution in [1.82, 2.24) is 10.2 Å². The maximum absolute atomic E-state index is 11.8. The number of rotatable bonds is 7. The van der Waals surface area contributed by atoms with E-state index >= 15 is 0 Å². The second kappa shape index (κ2) is 8.02. The van der Waals surface area contributed by atoms with Gasteiger partial charge in [-0.05, 0) is 44.0 Å². The summed E-state index contributed by atoms with van der Waals surface area (Å²) in [4.78, 5) is 14.0. The third-order valence-electron chi connectivity index (χ3n) is 3.30. The van der Waals surface area contributed by atoms with Gasteiger partial charge in [0.05, 0.1) is 6.54 Å². The van der Waals surface area contributed by atoms with Crippen molar-refractivity contribution >= 4 is 5.91 Å². The van der Waals surface area contributed by atoms with Gasteiger partial charge in [0.25, 0.3) is 0 Å². The van der Waals surface area contributed by atoms with E-state index in [1.807, 2.05) is 13.8 Å². The van der Waals surface area contributed by atoms with Crippen LogP contribution in [-0.4, -0.2) is 29.9 Å². The highest BCUT2D eigenvalue weighted by Crippen LogP contribution is 2.13. The molecule has 0 unspecified atom stereocenters. The van der Waals surface area contributed by atoms with Gasteiger partial charge in [0.2, 0.25) is 5.91 Å². The highest BCUT2D eigenvalue weighted by molar-refractivity contribution is 5.78. The first-order chi connectivity index (χ1) is 9.46. The van der Waals surface area contributed by atoms with E-state index in [4.69, 9.17) is 5.73 Å². The molecule has 0 spiro atoms. The van der Waals surface area contributed by atoms with Crippen molar-refractivity contribution in [3.63, 3.8) is 0 Å². The maximum Gasteiger partial charge on any atom is 0.234 e. The Morgan fingerprint density at radius 3 is 2.60 bits per heavy atom. The summed E-state index contributed by atoms with van der Waals surface area (Å²) < 4.78 is 0. The molecule has 112 valence electrons. The number of hydrogen-bond acceptors (Lipinski definition) is 3. The average Bonchev–Trinajstić information content (AvgIpc) is 2.38. The molecule has 1 rings (SSSR count). The van der Waals surface area contributed by atoms with Crippen molar-refractivity contribution < 1.29 is 4.79 Å². The molecule has 0 saturated carbocycles. The van der Waals surface area contributed by atoms with Crippen LogP contribution in [0.4, 0.5) is 0 Å². The summed E-state index contributed by atoms with van der Waals surface area (Å²) >= 11 is 0. The van der Waals surface area contributed by atoms with E-state index in [9.17, 15) is 4.79 Å². The SMILES string of the molecule is CCN(CC(=O)NC(C)C)Cc1ccc(CN)cc1C. The van der Waals surface area contributed by atoms with Crippen molar-refractivity contribution in [3.05, 3.63) is 34.9 Å². The fourth-order valence-corrected chi connectivity index (χ4v) is 2.15. The van der Waals surface area contributed by atoms with E-state index in [0.29, 0.717) is 13.1 Å². The number of nitrogens with two attached hydrogens (primary N) is 1. The second-order valence-corrected chi connectivity index (χ2v) is 5.49. The fraction of sp³-hybridized carbons (Fsp3) is 0.562. The minimum atomic E-state index is 0.0816. The van der Waals surface area contributed by atoms with Gasteiger partial charge in [-0.1, -0.05) is 25.1 Å². The normalized spacial score (nSPS) is 11.2. The summed E-state index contributed by atoms with van der Waals surface area (Å²) in [6.45, 7) is 10.8. The lowest BCUT2D eigenvalue weighted by molar-refractivity contribution is -0.122. The summed E-state index contributed by atoms with van der Waals surface area (Å²) in [5, 5.41) is 2.93. The van der Waals surface area contributed by atoms with Gasteiger partial charge in [0, 0.05) is 19.1 Å². The summed E-state index contributed by atoms with van der Waals surface area (Å²) in [6, 6.07) is 6.48. The third kappa shape index (κ3) is 5.31. The minimum absolute atomic E-state index is 0.0816. The van der Waals surface area contributed by atoms with Crippen molar-refractivity contribution in [3.8, 4) is 0 Å². The quantitative estimate of drug-likeness (QED) is 0.799. The smallest absolute Gasteiger partial charge is 0.234 e. The Balaban J connectivity index is 2.66. The van der Waals surface area contributed by atoms with E-state index < -0.39 is 0 Å². The van der Waals surface area contributed by atoms with Gasteiger partial charge >= 0.3 is 0 Å². The number of aryl methyl sites for hydroxylation is 1. The summed E-state index contributed by atoms with van der Waals surface area (Å²) in [6.07, 6.45) is 0. The molecular weight excluding hydrogens is 250 g/mol. The van der Waals surface area contributed by atoms with Crippen LogP contribution in [-0.2, 0) is 17.9 Å². The molecular formula is C16H27N3O. The van der Waals surface area contributed by atoms with Crippen LogP contribution in [0.2, 0.25) is 0 Å². The Morgan fingerprint density at radius 1 is 1.40 bits per heavy atom. The van der Waals surface area contributed by atoms with Gasteiger partial charge in [-0.25, -0.2) is 0 Å². The Bertz CT molecular complexity index is 443. The minimum Gasteiger partial charge on any atom is -0.353 e. The molecule has 0 atom stereocenters. The molecule has 0 fully saturated rings. The molecule has 4 heteroatoms. The summed E-state index contributed by atoms with van der Waals surface area (Å²) in [7, 11) is 0. The molecule has 0 heterocycles. The average molecular weight is 277 g/mol. The molecule has 1 aromatic carbocycles. The fourth-order valence-electron chi connectivity index (χ4n) is 2.15. The van der Waals surface area contributed by atoms with Crippen molar-refractivity contribution in [1.29, 1.82) is 0 Å². The number of benzene rings is 1. The van der Waals surface area contributed by atoms with Crippen LogP contribution < -0.4 is 11.1 Å². The predicted octanol–water partition coefficient (Wildman–Crippen LogP) is 1.80. The van der Waals surface area contributed by atoms with Crippen molar-refractivity contribution in [2.75, 3.05) is 13.1 Å². The zero-order valence-electron chi connectivity index (χ0n) is 13.1. The van der Waals surface area contributed by atoms with Crippen LogP contribution >= 0.6 is 0 Å². The summed E-state index contributed by atoms with van der Waals surface area (Å²) in [5.41, 5.74) is 9.27. The largest absolute Gasteiger partial charge is 0.353 e. The van der Waals surface area contributed by atoms with E-state index in [1.54, 1.807) is 0 Å². The van der Waals surface area contributed by atoms with Gasteiger partial charge in [-0.15, -0.1) is 0 Å². The van der Waals surface area contributed by atoms with E-state index in [1.165, 1.54) is 11.1 Å². The zero-order chi connectivity index (χ0) is 15.1. The van der Waals surface area contributed by atoms with E-state index in [-0.39, 0.29) is 11.9 Å². The number of nitrogens with zero attached hydrogens (tertiary/aromatic N) is 1. The molecule has 0 aromatic heterocycles. The molecule has 4 nitrogen and oxygen atoms in total. The van der Waals surface area contributed by atoms with Gasteiger partial charge in [-0.2, -0.15) is 0 Å². The first-order valence-electron chi connectivity index (χ1n) is 7.26. The molecule has 1 amide bonds. The Labute approximate surface area is 122 Å². The van der Waals surface area contributed by atoms with Crippen LogP contribution in [0.3, 0.4) is 0 Å². The standard InChI is InChI=1S/C16H27N3O/c1-5-19(11-16(20)18-12(2)3)10-15-7-6-14(9-17)8-13(15)4/h6-8,12H,5,9-11,17H2,1-4H3,(H,18,20). The van der Waals surface area contributed by atoms with Crippen LogP contribution in [0.5, 0.6) is 0 Å². The van der Waals surface area contributed by atoms with Gasteiger partial charge in [0.15, 0.2) is 0 Å². The Morgan fingerprint density at radius 2 is 2.10 bits per heavy atom. The maximum atomic E-state index is 11.8. The molecule has 0 aliphatic carbocycles. The lowest BCUT2D eigenvalue weighted by Gasteiger charge is -2.22. The molecule has 3 N–H and O–H groups in total. The van der Waals surface area contributed by atoms with Crippen LogP contribution in [0, 0.1) is 6.92 Å². The molecule has 0 saturated heterocycles. The Kier molecular flexibility index (Phi) is 6.68. The van der Waals surface area contributed by atoms with Gasteiger partial charge in [0.1, 0.15) is 0 Å². The molecule has 0 bridgehead atoms. The lowest BCUT2D eigenvalue weighted by atomic mass is 10.0. The van der Waals surface area contributed by atoms with Crippen LogP contribution in [0.15, 0.2) is 18.2 Å². The summed E-state index contributed by atoms with van der Waals surface area (Å²) in [5.74, 6) is 0.0816. The number of hydrogen-bond donors (Lipinski definition) is 2. The molecule has 1 aromatic rings. The number of amides is 1. The van der Waals surface area contributed by atoms with Crippen LogP contribution in [0.1, 0.15) is 37.5 Å². The van der Waals surface area contributed by atoms with Crippen molar-refractivity contribution in [2.24, 2.45) is 5.73 Å². The first kappa shape index (κ1) is 16.7. The molecule has 0 aliphatic heterocycles. The first-order valence-corrected chi connectivity index (χ1v) is 7.26. The van der Waals surface area contributed by atoms with Crippen LogP contribution in [0.25, 0.3) is 0 Å². The molecule has 0 radical (unpaired) electrons. The van der Waals surface area contributed by atoms with Gasteiger partial charge < -0.3 is 11.1 Å². The third-order valence-corrected chi connectivity index (χ3v) is 3.30. The highest BCUT2D eigenvalue weighted by Gasteiger charge is 2.11. The van der Waals surface area contributed by atoms with Crippen molar-refractivity contribution in [2.45, 2.75) is 46.8 Å². The molecule has 0 aliphatic rings. The highest BCUT2D eigenvalue weighted by atomic mass is 16.2. The monoisotopic (exact) mass is 277 g/mol. The van der Waals surface area contributed by atoms with E-state index in [2.05, 4.69) is 42.3 Å². The topological polar surface area (TPSA) is 58.4 Å². The zero-order valence-corrected chi connectivity index (χ0v) is 13.1. The second-order valence-electron chi connectivity index (χ2n) is 5.49. The number of carbonyl (C=O) groups excluding carboxylic acids is 1. The predicted molar refractivity (Wildman–Crippen MR) is 83.3 cm³/mol.